The lowest BCUT2D eigenvalue weighted by Gasteiger charge is -2.23. The van der Waals surface area contributed by atoms with Crippen molar-refractivity contribution in [1.29, 1.82) is 0 Å². The van der Waals surface area contributed by atoms with Crippen LogP contribution in [0.2, 0.25) is 0 Å². The van der Waals surface area contributed by atoms with Crippen LogP contribution >= 0.6 is 0 Å². The van der Waals surface area contributed by atoms with Gasteiger partial charge in [-0.2, -0.15) is 0 Å². The Labute approximate surface area is 160 Å². The Bertz CT molecular complexity index is 773. The third-order valence-corrected chi connectivity index (χ3v) is 5.01. The van der Waals surface area contributed by atoms with Crippen molar-refractivity contribution in [2.75, 3.05) is 13.6 Å². The van der Waals surface area contributed by atoms with E-state index in [1.807, 2.05) is 12.1 Å². The van der Waals surface area contributed by atoms with Crippen molar-refractivity contribution in [3.05, 3.63) is 59.7 Å². The van der Waals surface area contributed by atoms with E-state index in [0.717, 1.165) is 37.7 Å². The van der Waals surface area contributed by atoms with E-state index in [9.17, 15) is 9.59 Å². The number of carbonyl (C=O) groups excluding carboxylic acids is 2. The number of nitrogens with zero attached hydrogens (tertiary/aromatic N) is 3. The normalized spacial score (nSPS) is 14.6. The summed E-state index contributed by atoms with van der Waals surface area (Å²) in [6, 6.07) is 7.36. The molecule has 1 aliphatic rings. The minimum absolute atomic E-state index is 0.127. The lowest BCUT2D eigenvalue weighted by Crippen LogP contribution is -2.36. The summed E-state index contributed by atoms with van der Waals surface area (Å²) in [5.41, 5.74) is 1.91. The second-order valence-electron chi connectivity index (χ2n) is 7.07. The Balaban J connectivity index is 1.59. The molecule has 0 bridgehead atoms. The highest BCUT2D eigenvalue weighted by Crippen LogP contribution is 2.18. The molecule has 27 heavy (non-hydrogen) atoms. The zero-order valence-electron chi connectivity index (χ0n) is 15.7. The molecule has 0 atom stereocenters. The number of amides is 2. The molecule has 0 saturated heterocycles. The molecule has 6 nitrogen and oxygen atoms in total. The summed E-state index contributed by atoms with van der Waals surface area (Å²) in [4.78, 5) is 34.9. The lowest BCUT2D eigenvalue weighted by molar-refractivity contribution is 0.0791. The van der Waals surface area contributed by atoms with Crippen LogP contribution in [0.3, 0.4) is 0 Å². The van der Waals surface area contributed by atoms with E-state index < -0.39 is 0 Å². The van der Waals surface area contributed by atoms with Crippen LogP contribution in [0.1, 0.15) is 58.5 Å². The van der Waals surface area contributed by atoms with Gasteiger partial charge in [-0.05, 0) is 49.1 Å². The van der Waals surface area contributed by atoms with E-state index in [4.69, 9.17) is 0 Å². The summed E-state index contributed by atoms with van der Waals surface area (Å²) in [7, 11) is 1.75. The minimum Gasteiger partial charge on any atom is -0.349 e. The number of hydrogen-bond donors (Lipinski definition) is 1. The van der Waals surface area contributed by atoms with Crippen LogP contribution in [0.15, 0.2) is 42.9 Å². The summed E-state index contributed by atoms with van der Waals surface area (Å²) < 4.78 is 0. The van der Waals surface area contributed by atoms with Crippen LogP contribution in [0.25, 0.3) is 0 Å². The first-order chi connectivity index (χ1) is 13.1. The summed E-state index contributed by atoms with van der Waals surface area (Å²) >= 11 is 0. The van der Waals surface area contributed by atoms with Gasteiger partial charge in [-0.25, -0.2) is 0 Å². The van der Waals surface area contributed by atoms with Gasteiger partial charge in [0, 0.05) is 43.8 Å². The second kappa shape index (κ2) is 9.26. The van der Waals surface area contributed by atoms with E-state index in [1.165, 1.54) is 12.6 Å². The van der Waals surface area contributed by atoms with E-state index in [-0.39, 0.29) is 17.9 Å². The third kappa shape index (κ3) is 5.36. The third-order valence-electron chi connectivity index (χ3n) is 5.01. The fourth-order valence-corrected chi connectivity index (χ4v) is 3.35. The zero-order chi connectivity index (χ0) is 19.1. The number of pyridine rings is 2. The first-order valence-corrected chi connectivity index (χ1v) is 9.55. The monoisotopic (exact) mass is 366 g/mol. The van der Waals surface area contributed by atoms with E-state index in [1.54, 1.807) is 36.5 Å². The molecule has 0 spiro atoms. The number of carbonyl (C=O) groups is 2. The Kier molecular flexibility index (Phi) is 6.52. The topological polar surface area (TPSA) is 75.2 Å². The van der Waals surface area contributed by atoms with Gasteiger partial charge >= 0.3 is 0 Å². The zero-order valence-corrected chi connectivity index (χ0v) is 15.7. The van der Waals surface area contributed by atoms with Crippen molar-refractivity contribution < 1.29 is 9.59 Å². The smallest absolute Gasteiger partial charge is 0.272 e. The molecule has 3 rings (SSSR count). The molecule has 0 aromatic carbocycles. The van der Waals surface area contributed by atoms with Crippen molar-refractivity contribution in [3.63, 3.8) is 0 Å². The van der Waals surface area contributed by atoms with Gasteiger partial charge in [-0.3, -0.25) is 19.6 Å². The fourth-order valence-electron chi connectivity index (χ4n) is 3.35. The van der Waals surface area contributed by atoms with Crippen LogP contribution in [-0.4, -0.2) is 46.3 Å². The van der Waals surface area contributed by atoms with Crippen LogP contribution in [-0.2, 0) is 6.42 Å². The van der Waals surface area contributed by atoms with Crippen molar-refractivity contribution in [2.45, 2.75) is 44.6 Å². The Morgan fingerprint density at radius 3 is 2.59 bits per heavy atom. The summed E-state index contributed by atoms with van der Waals surface area (Å²) in [6.45, 7) is 0.572. The molecule has 1 aliphatic carbocycles. The molecule has 0 radical (unpaired) electrons. The predicted molar refractivity (Wildman–Crippen MR) is 103 cm³/mol. The van der Waals surface area contributed by atoms with Crippen LogP contribution in [0.5, 0.6) is 0 Å². The lowest BCUT2D eigenvalue weighted by atomic mass is 9.95. The average Bonchev–Trinajstić information content (AvgIpc) is 2.73. The number of rotatable bonds is 6. The molecule has 0 unspecified atom stereocenters. The molecule has 0 aliphatic heterocycles. The van der Waals surface area contributed by atoms with Gasteiger partial charge in [0.2, 0.25) is 0 Å². The SMILES string of the molecule is CN(CCc1ccncc1)C(=O)c1cc(C(=O)NC2CCCCC2)ccn1. The van der Waals surface area contributed by atoms with Crippen LogP contribution < -0.4 is 5.32 Å². The number of hydrogen-bond acceptors (Lipinski definition) is 4. The maximum Gasteiger partial charge on any atom is 0.272 e. The van der Waals surface area contributed by atoms with E-state index in [2.05, 4.69) is 15.3 Å². The summed E-state index contributed by atoms with van der Waals surface area (Å²) in [5.74, 6) is -0.311. The molecule has 1 saturated carbocycles. The molecule has 2 amide bonds. The van der Waals surface area contributed by atoms with Gasteiger partial charge in [0.15, 0.2) is 0 Å². The first kappa shape index (κ1) is 19.0. The minimum atomic E-state index is -0.184. The van der Waals surface area contributed by atoms with Gasteiger partial charge in [-0.15, -0.1) is 0 Å². The van der Waals surface area contributed by atoms with Crippen LogP contribution in [0.4, 0.5) is 0 Å². The fraction of sp³-hybridized carbons (Fsp3) is 0.429. The van der Waals surface area contributed by atoms with Crippen molar-refractivity contribution in [2.24, 2.45) is 0 Å². The highest BCUT2D eigenvalue weighted by molar-refractivity contribution is 5.98. The molecule has 2 aromatic rings. The van der Waals surface area contributed by atoms with Gasteiger partial charge in [0.25, 0.3) is 11.8 Å². The quantitative estimate of drug-likeness (QED) is 0.853. The van der Waals surface area contributed by atoms with Crippen LogP contribution in [0, 0.1) is 0 Å². The Morgan fingerprint density at radius 1 is 1.11 bits per heavy atom. The molecule has 1 N–H and O–H groups in total. The van der Waals surface area contributed by atoms with Gasteiger partial charge in [0.05, 0.1) is 0 Å². The molecular formula is C21H26N4O2. The van der Waals surface area contributed by atoms with Crippen molar-refractivity contribution in [1.82, 2.24) is 20.2 Å². The van der Waals surface area contributed by atoms with Gasteiger partial charge < -0.3 is 10.2 Å². The van der Waals surface area contributed by atoms with E-state index in [0.29, 0.717) is 17.8 Å². The molecule has 2 heterocycles. The molecule has 142 valence electrons. The Hall–Kier alpha value is -2.76. The van der Waals surface area contributed by atoms with E-state index >= 15 is 0 Å². The highest BCUT2D eigenvalue weighted by atomic mass is 16.2. The maximum absolute atomic E-state index is 12.7. The second-order valence-corrected chi connectivity index (χ2v) is 7.07. The highest BCUT2D eigenvalue weighted by Gasteiger charge is 2.19. The summed E-state index contributed by atoms with van der Waals surface area (Å²) in [6.07, 6.45) is 11.4. The number of nitrogens with one attached hydrogen (secondary N) is 1. The summed E-state index contributed by atoms with van der Waals surface area (Å²) in [5, 5.41) is 3.08. The molecule has 6 heteroatoms. The van der Waals surface area contributed by atoms with Gasteiger partial charge in [-0.1, -0.05) is 19.3 Å². The van der Waals surface area contributed by atoms with Crippen molar-refractivity contribution in [3.8, 4) is 0 Å². The predicted octanol–water partition coefficient (Wildman–Crippen LogP) is 2.85. The largest absolute Gasteiger partial charge is 0.349 e. The van der Waals surface area contributed by atoms with Crippen molar-refractivity contribution >= 4 is 11.8 Å². The average molecular weight is 366 g/mol. The molecule has 1 fully saturated rings. The number of likely N-dealkylation sites (N-methyl/N-ethyl adjacent to an activating group) is 1. The Morgan fingerprint density at radius 2 is 1.85 bits per heavy atom. The standard InChI is InChI=1S/C21H26N4O2/c1-25(14-10-16-7-11-22-12-8-16)21(27)19-15-17(9-13-23-19)20(26)24-18-5-3-2-4-6-18/h7-9,11-13,15,18H,2-6,10,14H2,1H3,(H,24,26). The van der Waals surface area contributed by atoms with Gasteiger partial charge in [0.1, 0.15) is 5.69 Å². The number of aromatic nitrogens is 2. The first-order valence-electron chi connectivity index (χ1n) is 9.55. The maximum atomic E-state index is 12.7. The molecule has 2 aromatic heterocycles. The molecular weight excluding hydrogens is 340 g/mol.